The Kier molecular flexibility index (Phi) is 1.30. The molecule has 1 aromatic rings. The topological polar surface area (TPSA) is 0 Å². The number of allylic oxidation sites excluding steroid dienone is 4. The highest BCUT2D eigenvalue weighted by atomic mass is 14.6. The number of rotatable bonds is 2. The second-order valence-corrected chi connectivity index (χ2v) is 8.11. The molecule has 0 heterocycles. The summed E-state index contributed by atoms with van der Waals surface area (Å²) in [7, 11) is 0. The molecule has 0 saturated heterocycles. The molecule has 7 rings (SSSR count). The quantitative estimate of drug-likeness (QED) is 0.719. The predicted molar refractivity (Wildman–Crippen MR) is 80.3 cm³/mol. The summed E-state index contributed by atoms with van der Waals surface area (Å²) in [5.41, 5.74) is 10.5. The van der Waals surface area contributed by atoms with Gasteiger partial charge in [-0.15, -0.1) is 0 Å². The molecule has 0 amide bonds. The Hall–Kier alpha value is -1.30. The summed E-state index contributed by atoms with van der Waals surface area (Å²) in [6, 6.07) is 5.01. The van der Waals surface area contributed by atoms with Crippen molar-refractivity contribution in [1.82, 2.24) is 0 Å². The molecule has 2 fully saturated rings. The van der Waals surface area contributed by atoms with Crippen LogP contribution < -0.4 is 0 Å². The van der Waals surface area contributed by atoms with Crippen LogP contribution in [0.1, 0.15) is 59.8 Å². The van der Waals surface area contributed by atoms with Crippen LogP contribution in [0.4, 0.5) is 0 Å². The first-order valence-electron chi connectivity index (χ1n) is 8.49. The Balaban J connectivity index is 1.67. The van der Waals surface area contributed by atoms with Gasteiger partial charge in [-0.1, -0.05) is 24.3 Å². The second-order valence-electron chi connectivity index (χ2n) is 8.11. The van der Waals surface area contributed by atoms with Crippen LogP contribution in [0.5, 0.6) is 0 Å². The maximum atomic E-state index is 2.66. The van der Waals surface area contributed by atoms with Crippen molar-refractivity contribution < 1.29 is 0 Å². The first kappa shape index (κ1) is 9.60. The minimum Gasteiger partial charge on any atom is -0.0767 e. The summed E-state index contributed by atoms with van der Waals surface area (Å²) >= 11 is 0. The van der Waals surface area contributed by atoms with Gasteiger partial charge in [0.15, 0.2) is 0 Å². The summed E-state index contributed by atoms with van der Waals surface area (Å²) in [5, 5.41) is 0. The molecule has 0 aromatic heterocycles. The van der Waals surface area contributed by atoms with E-state index in [0.29, 0.717) is 0 Å². The summed E-state index contributed by atoms with van der Waals surface area (Å²) in [5.74, 6) is 5.34. The van der Waals surface area contributed by atoms with Crippen LogP contribution in [0.3, 0.4) is 0 Å². The lowest BCUT2D eigenvalue weighted by atomic mass is 9.64. The van der Waals surface area contributed by atoms with Gasteiger partial charge in [-0.25, -0.2) is 0 Å². The highest BCUT2D eigenvalue weighted by molar-refractivity contribution is 5.90. The van der Waals surface area contributed by atoms with E-state index in [4.69, 9.17) is 0 Å². The molecule has 2 saturated carbocycles. The lowest BCUT2D eigenvalue weighted by Crippen LogP contribution is -2.24. The first-order valence-corrected chi connectivity index (χ1v) is 8.49. The van der Waals surface area contributed by atoms with Gasteiger partial charge in [0, 0.05) is 0 Å². The van der Waals surface area contributed by atoms with Crippen molar-refractivity contribution in [1.29, 1.82) is 0 Å². The van der Waals surface area contributed by atoms with Crippen LogP contribution in [-0.4, -0.2) is 0 Å². The van der Waals surface area contributed by atoms with Crippen LogP contribution in [0.2, 0.25) is 0 Å². The van der Waals surface area contributed by atoms with E-state index in [0.717, 1.165) is 35.5 Å². The van der Waals surface area contributed by atoms with E-state index in [1.807, 2.05) is 5.56 Å². The molecule has 0 heteroatoms. The van der Waals surface area contributed by atoms with Gasteiger partial charge in [-0.05, 0) is 94.6 Å². The van der Waals surface area contributed by atoms with Gasteiger partial charge >= 0.3 is 0 Å². The molecule has 6 bridgehead atoms. The molecule has 6 aliphatic carbocycles. The van der Waals surface area contributed by atoms with Gasteiger partial charge in [-0.2, -0.15) is 0 Å². The molecule has 1 aromatic carbocycles. The molecule has 0 N–H and O–H groups in total. The highest BCUT2D eigenvalue weighted by Crippen LogP contribution is 2.67. The van der Waals surface area contributed by atoms with Gasteiger partial charge in [0.2, 0.25) is 0 Å². The van der Waals surface area contributed by atoms with E-state index >= 15 is 0 Å². The zero-order valence-corrected chi connectivity index (χ0v) is 11.6. The molecule has 6 unspecified atom stereocenters. The van der Waals surface area contributed by atoms with Crippen molar-refractivity contribution in [3.8, 4) is 0 Å². The normalized spacial score (nSPS) is 46.8. The van der Waals surface area contributed by atoms with E-state index in [9.17, 15) is 0 Å². The smallest absolute Gasteiger partial charge is 0.00837 e. The van der Waals surface area contributed by atoms with E-state index in [-0.39, 0.29) is 0 Å². The maximum Gasteiger partial charge on any atom is -0.00837 e. The summed E-state index contributed by atoms with van der Waals surface area (Å²) in [4.78, 5) is 0. The average molecular weight is 258 g/mol. The van der Waals surface area contributed by atoms with Gasteiger partial charge in [-0.3, -0.25) is 0 Å². The van der Waals surface area contributed by atoms with Crippen LogP contribution in [0.25, 0.3) is 11.1 Å². The molecule has 0 nitrogen and oxygen atoms in total. The van der Waals surface area contributed by atoms with Gasteiger partial charge < -0.3 is 0 Å². The van der Waals surface area contributed by atoms with Crippen molar-refractivity contribution in [2.24, 2.45) is 23.7 Å². The first-order chi connectivity index (χ1) is 9.88. The SMILES string of the molecule is C1=C2c3ccc(C4CC2CC14)c1c3C2=CC3CC2CC13. The maximum absolute atomic E-state index is 2.66. The van der Waals surface area contributed by atoms with E-state index in [2.05, 4.69) is 24.3 Å². The Bertz CT molecular complexity index is 762. The minimum atomic E-state index is 0.865. The monoisotopic (exact) mass is 258 g/mol. The lowest BCUT2D eigenvalue weighted by molar-refractivity contribution is 0.530. The molecule has 0 aliphatic heterocycles. The van der Waals surface area contributed by atoms with Crippen molar-refractivity contribution >= 4 is 11.1 Å². The largest absolute Gasteiger partial charge is 0.0767 e. The third-order valence-corrected chi connectivity index (χ3v) is 7.54. The molecule has 98 valence electrons. The molecular formula is C20H18. The zero-order valence-electron chi connectivity index (χ0n) is 11.6. The van der Waals surface area contributed by atoms with Gasteiger partial charge in [0.05, 0.1) is 0 Å². The van der Waals surface area contributed by atoms with E-state index in [1.54, 1.807) is 27.8 Å². The second kappa shape index (κ2) is 2.71. The van der Waals surface area contributed by atoms with Gasteiger partial charge in [0.1, 0.15) is 0 Å². The third kappa shape index (κ3) is 0.801. The molecular weight excluding hydrogens is 240 g/mol. The van der Waals surface area contributed by atoms with Crippen molar-refractivity contribution in [2.75, 3.05) is 0 Å². The minimum absolute atomic E-state index is 0.865. The number of hydrogen-bond acceptors (Lipinski definition) is 0. The summed E-state index contributed by atoms with van der Waals surface area (Å²) in [6.45, 7) is 0. The number of hydrogen-bond donors (Lipinski definition) is 0. The standard InChI is InChI=1S/C20H18/c1-2-14-16-6-9-3-10(16)5-15(9)13(1)19-17-7-12-4-11(17)8-18(12)20(14)19/h1-2,5,7,9-12,16,18H,3-4,6,8H2. The van der Waals surface area contributed by atoms with E-state index in [1.165, 1.54) is 25.7 Å². The van der Waals surface area contributed by atoms with Crippen molar-refractivity contribution in [3.63, 3.8) is 0 Å². The number of fused-ring (bicyclic) bond motifs is 2. The van der Waals surface area contributed by atoms with Crippen molar-refractivity contribution in [3.05, 3.63) is 46.5 Å². The predicted octanol–water partition coefficient (Wildman–Crippen LogP) is 4.73. The van der Waals surface area contributed by atoms with Crippen molar-refractivity contribution in [2.45, 2.75) is 37.5 Å². The van der Waals surface area contributed by atoms with Crippen LogP contribution in [0, 0.1) is 23.7 Å². The average Bonchev–Trinajstić information content (AvgIpc) is 3.19. The zero-order chi connectivity index (χ0) is 12.6. The molecule has 6 atom stereocenters. The fraction of sp³-hybridized carbons (Fsp3) is 0.500. The number of benzene rings is 1. The van der Waals surface area contributed by atoms with Crippen LogP contribution in [0.15, 0.2) is 24.3 Å². The molecule has 20 heavy (non-hydrogen) atoms. The molecule has 0 radical (unpaired) electrons. The Labute approximate surface area is 119 Å². The molecule has 6 aliphatic rings. The van der Waals surface area contributed by atoms with Crippen LogP contribution >= 0.6 is 0 Å². The summed E-state index contributed by atoms with van der Waals surface area (Å²) in [6.07, 6.45) is 11.2. The highest BCUT2D eigenvalue weighted by Gasteiger charge is 2.53. The molecule has 0 spiro atoms. The van der Waals surface area contributed by atoms with Crippen LogP contribution in [-0.2, 0) is 0 Å². The third-order valence-electron chi connectivity index (χ3n) is 7.54. The lowest BCUT2D eigenvalue weighted by Gasteiger charge is -2.40. The fourth-order valence-electron chi connectivity index (χ4n) is 6.95. The van der Waals surface area contributed by atoms with Gasteiger partial charge in [0.25, 0.3) is 0 Å². The van der Waals surface area contributed by atoms with E-state index < -0.39 is 0 Å². The Morgan fingerprint density at radius 1 is 0.750 bits per heavy atom. The Morgan fingerprint density at radius 2 is 1.50 bits per heavy atom. The summed E-state index contributed by atoms with van der Waals surface area (Å²) < 4.78 is 0. The fourth-order valence-corrected chi connectivity index (χ4v) is 6.95. The Morgan fingerprint density at radius 3 is 2.25 bits per heavy atom.